The summed E-state index contributed by atoms with van der Waals surface area (Å²) in [5, 5.41) is 0. The van der Waals surface area contributed by atoms with Gasteiger partial charge in [-0.25, -0.2) is 0 Å². The molecule has 3 rings (SSSR count). The van der Waals surface area contributed by atoms with E-state index in [1.165, 1.54) is 7.11 Å². The molecule has 1 saturated heterocycles. The molecule has 0 N–H and O–H groups in total. The fraction of sp³-hybridized carbons (Fsp3) is 0.750. The van der Waals surface area contributed by atoms with Crippen molar-refractivity contribution in [1.82, 2.24) is 0 Å². The Morgan fingerprint density at radius 3 is 2.33 bits per heavy atom. The molecule has 6 heteroatoms. The zero-order valence-electron chi connectivity index (χ0n) is 10.4. The number of halogens is 2. The zero-order valence-corrected chi connectivity index (χ0v) is 14.4. The second kappa shape index (κ2) is 3.50. The first-order chi connectivity index (χ1) is 8.28. The summed E-state index contributed by atoms with van der Waals surface area (Å²) in [4.78, 5) is 12.2. The van der Waals surface area contributed by atoms with Crippen LogP contribution in [-0.4, -0.2) is 26.8 Å². The summed E-state index contributed by atoms with van der Waals surface area (Å²) in [6.07, 6.45) is 1.89. The highest BCUT2D eigenvalue weighted by Gasteiger charge is 2.83. The highest BCUT2D eigenvalue weighted by Crippen LogP contribution is 2.78. The van der Waals surface area contributed by atoms with Crippen molar-refractivity contribution in [1.29, 1.82) is 0 Å². The highest BCUT2D eigenvalue weighted by atomic mass is 79.9. The molecule has 3 nitrogen and oxygen atoms in total. The Labute approximate surface area is 125 Å². The number of rotatable bonds is 1. The van der Waals surface area contributed by atoms with Gasteiger partial charge >= 0.3 is 5.97 Å². The number of esters is 1. The van der Waals surface area contributed by atoms with Crippen LogP contribution in [0.4, 0.5) is 0 Å². The minimum atomic E-state index is -1.12. The number of carbonyl (C=O) groups is 1. The number of ether oxygens (including phenoxy) is 1. The Kier molecular flexibility index (Phi) is 2.59. The van der Waals surface area contributed by atoms with Crippen LogP contribution in [0.1, 0.15) is 26.7 Å². The number of hydrogen-bond donors (Lipinski definition) is 0. The lowest BCUT2D eigenvalue weighted by Crippen LogP contribution is -2.45. The van der Waals surface area contributed by atoms with Gasteiger partial charge in [0.25, 0.3) is 0 Å². The van der Waals surface area contributed by atoms with Gasteiger partial charge in [-0.05, 0) is 26.7 Å². The standard InChI is InChI=1S/C12H14Br2O3S/c1-10-6(9(15)17-3)12(4-5-12)11(2,18(10)16)8(14)7(10)13/h6H,4-5H2,1-3H3/t6?,10-,11-,18?/m1/s1. The van der Waals surface area contributed by atoms with Crippen LogP contribution in [0.15, 0.2) is 8.96 Å². The molecule has 3 aliphatic rings. The minimum Gasteiger partial charge on any atom is -0.469 e. The lowest BCUT2D eigenvalue weighted by molar-refractivity contribution is -0.148. The predicted octanol–water partition coefficient (Wildman–Crippen LogP) is 2.85. The zero-order chi connectivity index (χ0) is 13.5. The Bertz CT molecular complexity index is 525. The molecule has 0 aromatic heterocycles. The lowest BCUT2D eigenvalue weighted by Gasteiger charge is -2.36. The first kappa shape index (κ1) is 13.3. The van der Waals surface area contributed by atoms with E-state index in [1.54, 1.807) is 0 Å². The maximum atomic E-state index is 12.9. The minimum absolute atomic E-state index is 0.185. The molecule has 2 bridgehead atoms. The van der Waals surface area contributed by atoms with Crippen LogP contribution in [0.3, 0.4) is 0 Å². The quantitative estimate of drug-likeness (QED) is 0.639. The molecule has 2 heterocycles. The van der Waals surface area contributed by atoms with Crippen molar-refractivity contribution in [2.45, 2.75) is 36.2 Å². The summed E-state index contributed by atoms with van der Waals surface area (Å²) in [7, 11) is 0.288. The van der Waals surface area contributed by atoms with E-state index in [0.29, 0.717) is 0 Å². The maximum Gasteiger partial charge on any atom is 0.311 e. The highest BCUT2D eigenvalue weighted by molar-refractivity contribution is 9.14. The largest absolute Gasteiger partial charge is 0.469 e. The second-order valence-electron chi connectivity index (χ2n) is 5.65. The van der Waals surface area contributed by atoms with Crippen LogP contribution in [-0.2, 0) is 20.3 Å². The lowest BCUT2D eigenvalue weighted by atomic mass is 9.69. The average molecular weight is 398 g/mol. The van der Waals surface area contributed by atoms with Gasteiger partial charge in [0.2, 0.25) is 0 Å². The number of carbonyl (C=O) groups excluding carboxylic acids is 1. The van der Waals surface area contributed by atoms with Crippen molar-refractivity contribution < 1.29 is 13.7 Å². The van der Waals surface area contributed by atoms with Crippen LogP contribution < -0.4 is 0 Å². The molecule has 100 valence electrons. The third kappa shape index (κ3) is 1.05. The molecular weight excluding hydrogens is 384 g/mol. The van der Waals surface area contributed by atoms with Crippen molar-refractivity contribution in [2.24, 2.45) is 11.3 Å². The molecule has 0 aromatic rings. The third-order valence-corrected chi connectivity index (χ3v) is 11.1. The molecule has 0 radical (unpaired) electrons. The number of methoxy groups -OCH3 is 1. The molecule has 2 fully saturated rings. The molecule has 0 amide bonds. The molecular formula is C12H14Br2O3S. The van der Waals surface area contributed by atoms with Gasteiger partial charge in [0, 0.05) is 25.2 Å². The molecule has 1 spiro atoms. The van der Waals surface area contributed by atoms with E-state index in [1.807, 2.05) is 13.8 Å². The van der Waals surface area contributed by atoms with Gasteiger partial charge in [-0.1, -0.05) is 31.9 Å². The third-order valence-electron chi connectivity index (χ3n) is 5.08. The van der Waals surface area contributed by atoms with Crippen LogP contribution in [0.2, 0.25) is 0 Å². The molecule has 0 aromatic carbocycles. The van der Waals surface area contributed by atoms with E-state index in [0.717, 1.165) is 21.8 Å². The SMILES string of the molecule is COC(=O)C1C2(CC2)[C@@]2(C)C(Br)=C(Br)[C@]1(C)S2=O. The topological polar surface area (TPSA) is 43.4 Å². The van der Waals surface area contributed by atoms with E-state index in [2.05, 4.69) is 31.9 Å². The summed E-state index contributed by atoms with van der Waals surface area (Å²) in [5.74, 6) is -0.541. The van der Waals surface area contributed by atoms with E-state index in [-0.39, 0.29) is 17.3 Å². The first-order valence-corrected chi connectivity index (χ1v) is 8.58. The molecule has 2 aliphatic heterocycles. The monoisotopic (exact) mass is 396 g/mol. The van der Waals surface area contributed by atoms with E-state index in [9.17, 15) is 9.00 Å². The molecule has 18 heavy (non-hydrogen) atoms. The fourth-order valence-corrected chi connectivity index (χ4v) is 9.10. The van der Waals surface area contributed by atoms with Gasteiger partial charge in [-0.15, -0.1) is 0 Å². The molecule has 2 unspecified atom stereocenters. The van der Waals surface area contributed by atoms with Gasteiger partial charge in [-0.2, -0.15) is 0 Å². The Hall–Kier alpha value is 0.320. The Balaban J connectivity index is 2.28. The van der Waals surface area contributed by atoms with Gasteiger partial charge in [0.1, 0.15) is 0 Å². The Morgan fingerprint density at radius 2 is 1.89 bits per heavy atom. The van der Waals surface area contributed by atoms with Crippen molar-refractivity contribution in [3.05, 3.63) is 8.96 Å². The van der Waals surface area contributed by atoms with Crippen molar-refractivity contribution in [3.63, 3.8) is 0 Å². The summed E-state index contributed by atoms with van der Waals surface area (Å²) in [6, 6.07) is 0. The van der Waals surface area contributed by atoms with Gasteiger partial charge in [-0.3, -0.25) is 9.00 Å². The first-order valence-electron chi connectivity index (χ1n) is 5.84. The van der Waals surface area contributed by atoms with Crippen molar-refractivity contribution in [3.8, 4) is 0 Å². The van der Waals surface area contributed by atoms with Gasteiger partial charge < -0.3 is 4.74 Å². The summed E-state index contributed by atoms with van der Waals surface area (Å²) < 4.78 is 18.6. The van der Waals surface area contributed by atoms with E-state index in [4.69, 9.17) is 4.74 Å². The molecule has 4 atom stereocenters. The van der Waals surface area contributed by atoms with Crippen LogP contribution in [0.25, 0.3) is 0 Å². The van der Waals surface area contributed by atoms with Gasteiger partial charge in [0.05, 0.1) is 22.5 Å². The summed E-state index contributed by atoms with van der Waals surface area (Å²) in [6.45, 7) is 3.92. The molecule has 1 aliphatic carbocycles. The van der Waals surface area contributed by atoms with Crippen molar-refractivity contribution in [2.75, 3.05) is 7.11 Å². The second-order valence-corrected chi connectivity index (χ2v) is 9.44. The van der Waals surface area contributed by atoms with Crippen molar-refractivity contribution >= 4 is 48.6 Å². The van der Waals surface area contributed by atoms with Crippen LogP contribution >= 0.6 is 31.9 Å². The van der Waals surface area contributed by atoms with E-state index < -0.39 is 20.3 Å². The van der Waals surface area contributed by atoms with Gasteiger partial charge in [0.15, 0.2) is 0 Å². The summed E-state index contributed by atoms with van der Waals surface area (Å²) >= 11 is 7.14. The van der Waals surface area contributed by atoms with E-state index >= 15 is 0 Å². The number of hydrogen-bond acceptors (Lipinski definition) is 3. The predicted molar refractivity (Wildman–Crippen MR) is 77.0 cm³/mol. The average Bonchev–Trinajstić information content (AvgIpc) is 3.10. The summed E-state index contributed by atoms with van der Waals surface area (Å²) in [5.41, 5.74) is -0.185. The molecule has 1 saturated carbocycles. The smallest absolute Gasteiger partial charge is 0.311 e. The van der Waals surface area contributed by atoms with Crippen LogP contribution in [0.5, 0.6) is 0 Å². The Morgan fingerprint density at radius 1 is 1.33 bits per heavy atom. The fourth-order valence-electron chi connectivity index (χ4n) is 3.92. The maximum absolute atomic E-state index is 12.9. The normalized spacial score (nSPS) is 47.8. The number of fused-ring (bicyclic) bond motifs is 3. The van der Waals surface area contributed by atoms with Crippen LogP contribution in [0, 0.1) is 11.3 Å².